The normalized spacial score (nSPS) is 17.7. The number of hydrogen-bond acceptors (Lipinski definition) is 2. The predicted octanol–water partition coefficient (Wildman–Crippen LogP) is 3.98. The number of carbonyl (C=O) groups excluding carboxylic acids is 1. The van der Waals surface area contributed by atoms with Crippen molar-refractivity contribution in [3.8, 4) is 0 Å². The molecule has 1 amide bonds. The lowest BCUT2D eigenvalue weighted by Crippen LogP contribution is -2.44. The monoisotopic (exact) mass is 274 g/mol. The van der Waals surface area contributed by atoms with Gasteiger partial charge in [-0.05, 0) is 37.5 Å². The smallest absolute Gasteiger partial charge is 0.232 e. The standard InChI is InChI=1S/C17H26N2O/c1-3-12-19(15-9-7-8-14(18)13-15)16(20)17(2)10-5-4-6-11-17/h7-9,13H,3-6,10-12,18H2,1-2H3. The van der Waals surface area contributed by atoms with Crippen molar-refractivity contribution in [3.63, 3.8) is 0 Å². The molecule has 3 heteroatoms. The summed E-state index contributed by atoms with van der Waals surface area (Å²) in [6.07, 6.45) is 6.56. The van der Waals surface area contributed by atoms with E-state index in [1.165, 1.54) is 19.3 Å². The van der Waals surface area contributed by atoms with Crippen LogP contribution in [0.15, 0.2) is 24.3 Å². The van der Waals surface area contributed by atoms with Crippen molar-refractivity contribution >= 4 is 17.3 Å². The van der Waals surface area contributed by atoms with Gasteiger partial charge >= 0.3 is 0 Å². The molecule has 0 radical (unpaired) electrons. The zero-order chi connectivity index (χ0) is 14.6. The van der Waals surface area contributed by atoms with Crippen LogP contribution in [-0.2, 0) is 4.79 Å². The van der Waals surface area contributed by atoms with Gasteiger partial charge in [0, 0.05) is 23.3 Å². The van der Waals surface area contributed by atoms with Crippen LogP contribution in [0.3, 0.4) is 0 Å². The number of anilines is 2. The minimum atomic E-state index is -0.196. The van der Waals surface area contributed by atoms with Crippen molar-refractivity contribution in [1.82, 2.24) is 0 Å². The van der Waals surface area contributed by atoms with Crippen LogP contribution in [0, 0.1) is 5.41 Å². The van der Waals surface area contributed by atoms with Crippen LogP contribution in [0.5, 0.6) is 0 Å². The summed E-state index contributed by atoms with van der Waals surface area (Å²) in [7, 11) is 0. The lowest BCUT2D eigenvalue weighted by Gasteiger charge is -2.37. The fraction of sp³-hybridized carbons (Fsp3) is 0.588. The summed E-state index contributed by atoms with van der Waals surface area (Å²) < 4.78 is 0. The first kappa shape index (κ1) is 14.9. The fourth-order valence-corrected chi connectivity index (χ4v) is 3.14. The van der Waals surface area contributed by atoms with Crippen LogP contribution in [-0.4, -0.2) is 12.5 Å². The minimum absolute atomic E-state index is 0.196. The van der Waals surface area contributed by atoms with Gasteiger partial charge in [-0.3, -0.25) is 4.79 Å². The number of rotatable bonds is 4. The number of amides is 1. The Labute approximate surface area is 122 Å². The van der Waals surface area contributed by atoms with Crippen molar-refractivity contribution in [1.29, 1.82) is 0 Å². The van der Waals surface area contributed by atoms with E-state index in [-0.39, 0.29) is 11.3 Å². The van der Waals surface area contributed by atoms with E-state index in [4.69, 9.17) is 5.73 Å². The van der Waals surface area contributed by atoms with Crippen LogP contribution < -0.4 is 10.6 Å². The molecule has 1 fully saturated rings. The maximum Gasteiger partial charge on any atom is 0.232 e. The third-order valence-electron chi connectivity index (χ3n) is 4.35. The van der Waals surface area contributed by atoms with Gasteiger partial charge < -0.3 is 10.6 Å². The average Bonchev–Trinajstić information content (AvgIpc) is 2.45. The van der Waals surface area contributed by atoms with Gasteiger partial charge in [0.15, 0.2) is 0 Å². The summed E-state index contributed by atoms with van der Waals surface area (Å²) >= 11 is 0. The summed E-state index contributed by atoms with van der Waals surface area (Å²) in [5, 5.41) is 0. The van der Waals surface area contributed by atoms with Gasteiger partial charge in [0.1, 0.15) is 0 Å². The highest BCUT2D eigenvalue weighted by molar-refractivity contribution is 5.97. The Bertz CT molecular complexity index is 464. The molecule has 1 saturated carbocycles. The first-order valence-electron chi connectivity index (χ1n) is 7.74. The first-order valence-corrected chi connectivity index (χ1v) is 7.74. The van der Waals surface area contributed by atoms with Crippen molar-refractivity contribution in [2.75, 3.05) is 17.2 Å². The Morgan fingerprint density at radius 3 is 2.60 bits per heavy atom. The number of hydrogen-bond donors (Lipinski definition) is 1. The van der Waals surface area contributed by atoms with Crippen molar-refractivity contribution in [3.05, 3.63) is 24.3 Å². The van der Waals surface area contributed by atoms with E-state index in [9.17, 15) is 4.79 Å². The number of benzene rings is 1. The highest BCUT2D eigenvalue weighted by atomic mass is 16.2. The van der Waals surface area contributed by atoms with Gasteiger partial charge in [0.2, 0.25) is 5.91 Å². The Kier molecular flexibility index (Phi) is 4.69. The Balaban J connectivity index is 2.25. The third-order valence-corrected chi connectivity index (χ3v) is 4.35. The molecule has 0 atom stereocenters. The molecule has 1 aliphatic carbocycles. The zero-order valence-corrected chi connectivity index (χ0v) is 12.7. The second kappa shape index (κ2) is 6.29. The molecule has 1 aliphatic rings. The molecular weight excluding hydrogens is 248 g/mol. The number of nitrogens with zero attached hydrogens (tertiary/aromatic N) is 1. The lowest BCUT2D eigenvalue weighted by molar-refractivity contribution is -0.129. The Morgan fingerprint density at radius 1 is 1.30 bits per heavy atom. The van der Waals surface area contributed by atoms with Gasteiger partial charge in [-0.15, -0.1) is 0 Å². The van der Waals surface area contributed by atoms with E-state index in [0.717, 1.165) is 31.5 Å². The van der Waals surface area contributed by atoms with Crippen molar-refractivity contribution in [2.45, 2.75) is 52.4 Å². The van der Waals surface area contributed by atoms with E-state index < -0.39 is 0 Å². The quantitative estimate of drug-likeness (QED) is 0.844. The molecule has 2 rings (SSSR count). The Hall–Kier alpha value is -1.51. The maximum absolute atomic E-state index is 13.0. The number of carbonyl (C=O) groups is 1. The van der Waals surface area contributed by atoms with Crippen LogP contribution in [0.1, 0.15) is 52.4 Å². The number of nitrogens with two attached hydrogens (primary N) is 1. The molecular formula is C17H26N2O. The third kappa shape index (κ3) is 3.14. The molecule has 20 heavy (non-hydrogen) atoms. The summed E-state index contributed by atoms with van der Waals surface area (Å²) in [4.78, 5) is 14.9. The predicted molar refractivity (Wildman–Crippen MR) is 84.7 cm³/mol. The minimum Gasteiger partial charge on any atom is -0.399 e. The topological polar surface area (TPSA) is 46.3 Å². The van der Waals surface area contributed by atoms with E-state index in [2.05, 4.69) is 13.8 Å². The van der Waals surface area contributed by atoms with Crippen LogP contribution in [0.2, 0.25) is 0 Å². The second-order valence-electron chi connectivity index (χ2n) is 6.17. The van der Waals surface area contributed by atoms with E-state index in [0.29, 0.717) is 5.69 Å². The first-order chi connectivity index (χ1) is 9.57. The fourth-order valence-electron chi connectivity index (χ4n) is 3.14. The SMILES string of the molecule is CCCN(C(=O)C1(C)CCCCC1)c1cccc(N)c1. The highest BCUT2D eigenvalue weighted by Crippen LogP contribution is 2.38. The van der Waals surface area contributed by atoms with Crippen LogP contribution >= 0.6 is 0 Å². The van der Waals surface area contributed by atoms with E-state index >= 15 is 0 Å². The molecule has 110 valence electrons. The van der Waals surface area contributed by atoms with Gasteiger partial charge in [0.25, 0.3) is 0 Å². The molecule has 1 aromatic rings. The van der Waals surface area contributed by atoms with Gasteiger partial charge in [-0.25, -0.2) is 0 Å². The molecule has 1 aromatic carbocycles. The molecule has 0 bridgehead atoms. The van der Waals surface area contributed by atoms with Gasteiger partial charge in [-0.2, -0.15) is 0 Å². The van der Waals surface area contributed by atoms with Crippen LogP contribution in [0.4, 0.5) is 11.4 Å². The van der Waals surface area contributed by atoms with E-state index in [1.54, 1.807) is 0 Å². The molecule has 0 spiro atoms. The zero-order valence-electron chi connectivity index (χ0n) is 12.7. The number of nitrogen functional groups attached to an aromatic ring is 1. The average molecular weight is 274 g/mol. The largest absolute Gasteiger partial charge is 0.399 e. The highest BCUT2D eigenvalue weighted by Gasteiger charge is 2.37. The second-order valence-corrected chi connectivity index (χ2v) is 6.17. The molecule has 2 N–H and O–H groups in total. The van der Waals surface area contributed by atoms with Gasteiger partial charge in [0.05, 0.1) is 0 Å². The summed E-state index contributed by atoms with van der Waals surface area (Å²) in [5.74, 6) is 0.268. The summed E-state index contributed by atoms with van der Waals surface area (Å²) in [6.45, 7) is 5.00. The van der Waals surface area contributed by atoms with Gasteiger partial charge in [-0.1, -0.05) is 39.2 Å². The van der Waals surface area contributed by atoms with Crippen LogP contribution in [0.25, 0.3) is 0 Å². The molecule has 0 saturated heterocycles. The Morgan fingerprint density at radius 2 is 2.00 bits per heavy atom. The molecule has 0 heterocycles. The van der Waals surface area contributed by atoms with Crippen molar-refractivity contribution < 1.29 is 4.79 Å². The molecule has 0 unspecified atom stereocenters. The van der Waals surface area contributed by atoms with E-state index in [1.807, 2.05) is 29.2 Å². The van der Waals surface area contributed by atoms with Crippen molar-refractivity contribution in [2.24, 2.45) is 5.41 Å². The molecule has 0 aliphatic heterocycles. The molecule has 3 nitrogen and oxygen atoms in total. The lowest BCUT2D eigenvalue weighted by atomic mass is 9.74. The molecule has 0 aromatic heterocycles. The maximum atomic E-state index is 13.0. The summed E-state index contributed by atoms with van der Waals surface area (Å²) in [6, 6.07) is 7.67. The summed E-state index contributed by atoms with van der Waals surface area (Å²) in [5.41, 5.74) is 7.32.